The van der Waals surface area contributed by atoms with E-state index >= 15 is 0 Å². The summed E-state index contributed by atoms with van der Waals surface area (Å²) in [7, 11) is 0. The van der Waals surface area contributed by atoms with Gasteiger partial charge in [-0.1, -0.05) is 25.5 Å². The van der Waals surface area contributed by atoms with E-state index in [9.17, 15) is 9.50 Å². The molecule has 0 bridgehead atoms. The number of nitrogens with two attached hydrogens (primary N) is 1. The van der Waals surface area contributed by atoms with Gasteiger partial charge < -0.3 is 10.8 Å². The fourth-order valence-electron chi connectivity index (χ4n) is 3.02. The summed E-state index contributed by atoms with van der Waals surface area (Å²) in [4.78, 5) is 0. The highest BCUT2D eigenvalue weighted by Crippen LogP contribution is 2.54. The zero-order valence-corrected chi connectivity index (χ0v) is 10.2. The monoisotopic (exact) mass is 237 g/mol. The van der Waals surface area contributed by atoms with Gasteiger partial charge in [-0.15, -0.1) is 0 Å². The van der Waals surface area contributed by atoms with Gasteiger partial charge in [-0.3, -0.25) is 0 Å². The molecule has 0 aliphatic heterocycles. The van der Waals surface area contributed by atoms with Crippen molar-refractivity contribution in [1.82, 2.24) is 0 Å². The van der Waals surface area contributed by atoms with Crippen LogP contribution < -0.4 is 5.73 Å². The lowest BCUT2D eigenvalue weighted by atomic mass is 9.56. The molecule has 3 heteroatoms. The van der Waals surface area contributed by atoms with Crippen molar-refractivity contribution < 1.29 is 9.50 Å². The summed E-state index contributed by atoms with van der Waals surface area (Å²) in [5.41, 5.74) is 5.24. The minimum absolute atomic E-state index is 0.268. The Bertz CT molecular complexity index is 397. The van der Waals surface area contributed by atoms with E-state index in [1.165, 1.54) is 12.1 Å². The molecule has 1 aliphatic carbocycles. The number of hydrogen-bond acceptors (Lipinski definition) is 2. The zero-order chi connectivity index (χ0) is 12.5. The highest BCUT2D eigenvalue weighted by atomic mass is 19.1. The number of benzene rings is 1. The van der Waals surface area contributed by atoms with Crippen LogP contribution in [0.1, 0.15) is 38.2 Å². The second kappa shape index (κ2) is 4.39. The average molecular weight is 237 g/mol. The summed E-state index contributed by atoms with van der Waals surface area (Å²) in [5, 5.41) is 10.9. The third-order valence-corrected chi connectivity index (χ3v) is 4.39. The molecule has 2 rings (SSSR count). The lowest BCUT2D eigenvalue weighted by Crippen LogP contribution is -2.54. The highest BCUT2D eigenvalue weighted by molar-refractivity contribution is 5.27. The van der Waals surface area contributed by atoms with Crippen molar-refractivity contribution in [2.24, 2.45) is 11.1 Å². The molecule has 1 fully saturated rings. The van der Waals surface area contributed by atoms with E-state index in [4.69, 9.17) is 5.73 Å². The first kappa shape index (κ1) is 12.5. The second-order valence-corrected chi connectivity index (χ2v) is 5.06. The van der Waals surface area contributed by atoms with E-state index in [1.807, 2.05) is 6.92 Å². The Morgan fingerprint density at radius 3 is 2.59 bits per heavy atom. The van der Waals surface area contributed by atoms with E-state index in [0.717, 1.165) is 19.3 Å². The largest absolute Gasteiger partial charge is 0.385 e. The topological polar surface area (TPSA) is 46.2 Å². The van der Waals surface area contributed by atoms with Crippen molar-refractivity contribution in [2.45, 2.75) is 38.2 Å². The maximum absolute atomic E-state index is 13.3. The van der Waals surface area contributed by atoms with Crippen molar-refractivity contribution in [1.29, 1.82) is 0 Å². The Morgan fingerprint density at radius 1 is 1.47 bits per heavy atom. The van der Waals surface area contributed by atoms with Gasteiger partial charge in [0.1, 0.15) is 5.82 Å². The van der Waals surface area contributed by atoms with Crippen LogP contribution in [0.2, 0.25) is 0 Å². The van der Waals surface area contributed by atoms with Crippen LogP contribution in [0, 0.1) is 11.2 Å². The standard InChI is InChI=1S/C14H20FNO/c1-2-14(17,13(10-16)7-4-8-13)11-5-3-6-12(15)9-11/h3,5-6,9,17H,2,4,7-8,10,16H2,1H3. The Morgan fingerprint density at radius 2 is 2.18 bits per heavy atom. The van der Waals surface area contributed by atoms with Crippen LogP contribution in [-0.2, 0) is 5.60 Å². The summed E-state index contributed by atoms with van der Waals surface area (Å²) < 4.78 is 13.3. The molecule has 1 unspecified atom stereocenters. The minimum Gasteiger partial charge on any atom is -0.385 e. The van der Waals surface area contributed by atoms with E-state index in [1.54, 1.807) is 12.1 Å². The summed E-state index contributed by atoms with van der Waals surface area (Å²) in [6.45, 7) is 2.38. The maximum Gasteiger partial charge on any atom is 0.123 e. The summed E-state index contributed by atoms with van der Waals surface area (Å²) >= 11 is 0. The van der Waals surface area contributed by atoms with Gasteiger partial charge in [0.15, 0.2) is 0 Å². The van der Waals surface area contributed by atoms with Crippen LogP contribution >= 0.6 is 0 Å². The third-order valence-electron chi connectivity index (χ3n) is 4.39. The first-order valence-corrected chi connectivity index (χ1v) is 6.26. The van der Waals surface area contributed by atoms with Crippen LogP contribution in [0.5, 0.6) is 0 Å². The van der Waals surface area contributed by atoms with Gasteiger partial charge in [-0.2, -0.15) is 0 Å². The molecule has 0 amide bonds. The average Bonchev–Trinajstić information content (AvgIpc) is 2.28. The van der Waals surface area contributed by atoms with Crippen molar-refractivity contribution in [3.8, 4) is 0 Å². The molecule has 3 N–H and O–H groups in total. The Hall–Kier alpha value is -0.930. The molecule has 1 aromatic carbocycles. The molecule has 2 nitrogen and oxygen atoms in total. The lowest BCUT2D eigenvalue weighted by Gasteiger charge is -2.53. The maximum atomic E-state index is 13.3. The van der Waals surface area contributed by atoms with Crippen LogP contribution in [0.15, 0.2) is 24.3 Å². The molecule has 0 aromatic heterocycles. The van der Waals surface area contributed by atoms with Crippen molar-refractivity contribution in [3.63, 3.8) is 0 Å². The molecule has 0 heterocycles. The predicted molar refractivity (Wildman–Crippen MR) is 65.9 cm³/mol. The van der Waals surface area contributed by atoms with Gasteiger partial charge in [-0.25, -0.2) is 4.39 Å². The SMILES string of the molecule is CCC(O)(c1cccc(F)c1)C1(CN)CCC1. The fourth-order valence-corrected chi connectivity index (χ4v) is 3.02. The third kappa shape index (κ3) is 1.78. The second-order valence-electron chi connectivity index (χ2n) is 5.06. The predicted octanol–water partition coefficient (Wildman–Crippen LogP) is 2.55. The minimum atomic E-state index is -0.998. The molecule has 0 radical (unpaired) electrons. The molecule has 0 saturated heterocycles. The van der Waals surface area contributed by atoms with Gasteiger partial charge >= 0.3 is 0 Å². The summed E-state index contributed by atoms with van der Waals surface area (Å²) in [6.07, 6.45) is 3.50. The summed E-state index contributed by atoms with van der Waals surface area (Å²) in [6, 6.07) is 6.27. The van der Waals surface area contributed by atoms with Crippen LogP contribution in [-0.4, -0.2) is 11.7 Å². The number of rotatable bonds is 4. The van der Waals surface area contributed by atoms with Crippen LogP contribution in [0.4, 0.5) is 4.39 Å². The van der Waals surface area contributed by atoms with Gasteiger partial charge in [0.05, 0.1) is 5.60 Å². The molecule has 1 aliphatic rings. The molecule has 17 heavy (non-hydrogen) atoms. The smallest absolute Gasteiger partial charge is 0.123 e. The fraction of sp³-hybridized carbons (Fsp3) is 0.571. The molecular formula is C14H20FNO. The van der Waals surface area contributed by atoms with Gasteiger partial charge in [0.2, 0.25) is 0 Å². The quantitative estimate of drug-likeness (QED) is 0.845. The van der Waals surface area contributed by atoms with Gasteiger partial charge in [0, 0.05) is 12.0 Å². The molecule has 1 aromatic rings. The first-order chi connectivity index (χ1) is 8.08. The molecule has 94 valence electrons. The van der Waals surface area contributed by atoms with Crippen molar-refractivity contribution in [3.05, 3.63) is 35.6 Å². The van der Waals surface area contributed by atoms with Gasteiger partial charge in [0.25, 0.3) is 0 Å². The van der Waals surface area contributed by atoms with Crippen LogP contribution in [0.25, 0.3) is 0 Å². The van der Waals surface area contributed by atoms with E-state index < -0.39 is 5.60 Å². The molecule has 0 spiro atoms. The van der Waals surface area contributed by atoms with Crippen molar-refractivity contribution >= 4 is 0 Å². The first-order valence-electron chi connectivity index (χ1n) is 6.26. The summed E-state index contributed by atoms with van der Waals surface area (Å²) in [5.74, 6) is -0.305. The van der Waals surface area contributed by atoms with Gasteiger partial charge in [-0.05, 0) is 37.0 Å². The van der Waals surface area contributed by atoms with E-state index in [-0.39, 0.29) is 11.2 Å². The van der Waals surface area contributed by atoms with E-state index in [2.05, 4.69) is 0 Å². The molecule has 1 saturated carbocycles. The normalized spacial score (nSPS) is 21.6. The molecular weight excluding hydrogens is 217 g/mol. The van der Waals surface area contributed by atoms with Crippen LogP contribution in [0.3, 0.4) is 0 Å². The number of hydrogen-bond donors (Lipinski definition) is 2. The zero-order valence-electron chi connectivity index (χ0n) is 10.2. The lowest BCUT2D eigenvalue weighted by molar-refractivity contribution is -0.132. The number of aliphatic hydroxyl groups is 1. The number of halogens is 1. The van der Waals surface area contributed by atoms with E-state index in [0.29, 0.717) is 18.5 Å². The van der Waals surface area contributed by atoms with Crippen molar-refractivity contribution in [2.75, 3.05) is 6.54 Å². The Balaban J connectivity index is 2.43. The molecule has 1 atom stereocenters. The Kier molecular flexibility index (Phi) is 3.23. The highest BCUT2D eigenvalue weighted by Gasteiger charge is 2.52. The Labute approximate surface area is 102 Å².